The number of hydrogen-bond acceptors (Lipinski definition) is 4. The van der Waals surface area contributed by atoms with Gasteiger partial charge in [0, 0.05) is 11.6 Å². The summed E-state index contributed by atoms with van der Waals surface area (Å²) in [6, 6.07) is 3.55. The maximum absolute atomic E-state index is 11.0. The van der Waals surface area contributed by atoms with Crippen molar-refractivity contribution in [3.63, 3.8) is 0 Å². The molecular weight excluding hydrogens is 200 g/mol. The third-order valence-corrected chi connectivity index (χ3v) is 1.87. The SMILES string of the molecule is CC(=O)c1ccc(C(N)=O)c([N+](=O)[O-])c1. The number of nitrogens with zero attached hydrogens (tertiary/aromatic N) is 1. The number of benzene rings is 1. The fourth-order valence-corrected chi connectivity index (χ4v) is 1.11. The maximum Gasteiger partial charge on any atom is 0.282 e. The highest BCUT2D eigenvalue weighted by atomic mass is 16.6. The van der Waals surface area contributed by atoms with Crippen LogP contribution in [0.15, 0.2) is 18.2 Å². The number of nitro groups is 1. The fourth-order valence-electron chi connectivity index (χ4n) is 1.11. The number of hydrogen-bond donors (Lipinski definition) is 1. The van der Waals surface area contributed by atoms with E-state index >= 15 is 0 Å². The van der Waals surface area contributed by atoms with E-state index in [1.165, 1.54) is 19.1 Å². The van der Waals surface area contributed by atoms with Crippen LogP contribution in [-0.2, 0) is 0 Å². The van der Waals surface area contributed by atoms with Gasteiger partial charge in [-0.2, -0.15) is 0 Å². The van der Waals surface area contributed by atoms with Crippen molar-refractivity contribution in [3.8, 4) is 0 Å². The van der Waals surface area contributed by atoms with Crippen LogP contribution in [0.1, 0.15) is 27.6 Å². The topological polar surface area (TPSA) is 103 Å². The van der Waals surface area contributed by atoms with Crippen molar-refractivity contribution in [1.29, 1.82) is 0 Å². The Morgan fingerprint density at radius 3 is 2.40 bits per heavy atom. The van der Waals surface area contributed by atoms with E-state index in [-0.39, 0.29) is 16.9 Å². The molecule has 0 spiro atoms. The molecule has 0 fully saturated rings. The Balaban J connectivity index is 3.40. The van der Waals surface area contributed by atoms with E-state index in [1.807, 2.05) is 0 Å². The minimum absolute atomic E-state index is 0.173. The van der Waals surface area contributed by atoms with Gasteiger partial charge in [-0.15, -0.1) is 0 Å². The number of Topliss-reactive ketones (excluding diaryl/α,β-unsaturated/α-hetero) is 1. The van der Waals surface area contributed by atoms with Gasteiger partial charge in [-0.3, -0.25) is 19.7 Å². The van der Waals surface area contributed by atoms with E-state index in [0.29, 0.717) is 0 Å². The maximum atomic E-state index is 11.0. The molecular formula is C9H8N2O4. The van der Waals surface area contributed by atoms with Gasteiger partial charge < -0.3 is 5.73 Å². The number of primary amides is 1. The van der Waals surface area contributed by atoms with E-state index in [0.717, 1.165) is 6.07 Å². The molecule has 1 aromatic rings. The molecule has 0 bridgehead atoms. The molecule has 2 N–H and O–H groups in total. The highest BCUT2D eigenvalue weighted by Crippen LogP contribution is 2.20. The minimum Gasteiger partial charge on any atom is -0.365 e. The molecule has 0 saturated heterocycles. The monoisotopic (exact) mass is 208 g/mol. The molecule has 0 unspecified atom stereocenters. The van der Waals surface area contributed by atoms with Crippen molar-refractivity contribution in [3.05, 3.63) is 39.4 Å². The van der Waals surface area contributed by atoms with Gasteiger partial charge in [0.2, 0.25) is 0 Å². The van der Waals surface area contributed by atoms with E-state index in [9.17, 15) is 19.7 Å². The number of amides is 1. The highest BCUT2D eigenvalue weighted by molar-refractivity contribution is 6.00. The van der Waals surface area contributed by atoms with Crippen molar-refractivity contribution < 1.29 is 14.5 Å². The molecule has 78 valence electrons. The van der Waals surface area contributed by atoms with Gasteiger partial charge in [-0.05, 0) is 13.0 Å². The zero-order valence-corrected chi connectivity index (χ0v) is 7.89. The number of ketones is 1. The molecule has 6 nitrogen and oxygen atoms in total. The first kappa shape index (κ1) is 10.8. The number of carbonyl (C=O) groups is 2. The number of rotatable bonds is 3. The van der Waals surface area contributed by atoms with Crippen LogP contribution in [0.5, 0.6) is 0 Å². The third kappa shape index (κ3) is 2.16. The van der Waals surface area contributed by atoms with Crippen LogP contribution in [0.25, 0.3) is 0 Å². The number of nitrogens with two attached hydrogens (primary N) is 1. The van der Waals surface area contributed by atoms with Gasteiger partial charge in [0.1, 0.15) is 5.56 Å². The smallest absolute Gasteiger partial charge is 0.282 e. The highest BCUT2D eigenvalue weighted by Gasteiger charge is 2.19. The molecule has 1 rings (SSSR count). The fraction of sp³-hybridized carbons (Fsp3) is 0.111. The van der Waals surface area contributed by atoms with Crippen molar-refractivity contribution >= 4 is 17.4 Å². The lowest BCUT2D eigenvalue weighted by atomic mass is 10.1. The second-order valence-corrected chi connectivity index (χ2v) is 2.91. The molecule has 0 atom stereocenters. The van der Waals surface area contributed by atoms with Gasteiger partial charge in [-0.25, -0.2) is 0 Å². The van der Waals surface area contributed by atoms with Crippen LogP contribution in [0.4, 0.5) is 5.69 Å². The summed E-state index contributed by atoms with van der Waals surface area (Å²) in [7, 11) is 0. The summed E-state index contributed by atoms with van der Waals surface area (Å²) >= 11 is 0. The van der Waals surface area contributed by atoms with Gasteiger partial charge in [0.05, 0.1) is 4.92 Å². The average molecular weight is 208 g/mol. The molecule has 0 saturated carbocycles. The molecule has 0 radical (unpaired) electrons. The Labute approximate surface area is 84.8 Å². The summed E-state index contributed by atoms with van der Waals surface area (Å²) in [4.78, 5) is 31.6. The number of carbonyl (C=O) groups excluding carboxylic acids is 2. The van der Waals surface area contributed by atoms with Crippen LogP contribution < -0.4 is 5.73 Å². The lowest BCUT2D eigenvalue weighted by Gasteiger charge is -2.00. The van der Waals surface area contributed by atoms with Crippen LogP contribution in [0.3, 0.4) is 0 Å². The Morgan fingerprint density at radius 2 is 2.00 bits per heavy atom. The first-order valence-corrected chi connectivity index (χ1v) is 4.02. The Bertz CT molecular complexity index is 453. The Hall–Kier alpha value is -2.24. The van der Waals surface area contributed by atoms with Crippen molar-refractivity contribution in [2.45, 2.75) is 6.92 Å². The van der Waals surface area contributed by atoms with Gasteiger partial charge >= 0.3 is 0 Å². The molecule has 0 aromatic heterocycles. The molecule has 15 heavy (non-hydrogen) atoms. The lowest BCUT2D eigenvalue weighted by molar-refractivity contribution is -0.385. The average Bonchev–Trinajstić information content (AvgIpc) is 2.16. The van der Waals surface area contributed by atoms with Gasteiger partial charge in [0.25, 0.3) is 11.6 Å². The summed E-state index contributed by atoms with van der Waals surface area (Å²) in [5, 5.41) is 10.6. The quantitative estimate of drug-likeness (QED) is 0.452. The molecule has 0 aliphatic heterocycles. The van der Waals surface area contributed by atoms with Gasteiger partial charge in [-0.1, -0.05) is 6.07 Å². The lowest BCUT2D eigenvalue weighted by Crippen LogP contribution is -2.13. The molecule has 0 heterocycles. The summed E-state index contributed by atoms with van der Waals surface area (Å²) in [6.45, 7) is 1.28. The van der Waals surface area contributed by atoms with Crippen LogP contribution >= 0.6 is 0 Å². The van der Waals surface area contributed by atoms with E-state index in [1.54, 1.807) is 0 Å². The van der Waals surface area contributed by atoms with Crippen LogP contribution in [0.2, 0.25) is 0 Å². The molecule has 0 aliphatic carbocycles. The van der Waals surface area contributed by atoms with E-state index in [2.05, 4.69) is 0 Å². The van der Waals surface area contributed by atoms with Crippen LogP contribution in [0, 0.1) is 10.1 Å². The zero-order valence-electron chi connectivity index (χ0n) is 7.89. The van der Waals surface area contributed by atoms with E-state index in [4.69, 9.17) is 5.73 Å². The van der Waals surface area contributed by atoms with Gasteiger partial charge in [0.15, 0.2) is 5.78 Å². The normalized spacial score (nSPS) is 9.67. The van der Waals surface area contributed by atoms with Crippen molar-refractivity contribution in [1.82, 2.24) is 0 Å². The van der Waals surface area contributed by atoms with E-state index < -0.39 is 16.5 Å². The minimum atomic E-state index is -0.892. The first-order valence-electron chi connectivity index (χ1n) is 4.02. The summed E-state index contributed by atoms with van der Waals surface area (Å²) in [6.07, 6.45) is 0. The van der Waals surface area contributed by atoms with Crippen molar-refractivity contribution in [2.24, 2.45) is 5.73 Å². The molecule has 0 aliphatic rings. The second-order valence-electron chi connectivity index (χ2n) is 2.91. The summed E-state index contributed by atoms with van der Waals surface area (Å²) in [5.74, 6) is -1.20. The Morgan fingerprint density at radius 1 is 1.40 bits per heavy atom. The Kier molecular flexibility index (Phi) is 2.80. The number of nitro benzene ring substituents is 1. The third-order valence-electron chi connectivity index (χ3n) is 1.87. The molecule has 1 aromatic carbocycles. The predicted molar refractivity (Wildman–Crippen MR) is 51.6 cm³/mol. The van der Waals surface area contributed by atoms with Crippen LogP contribution in [-0.4, -0.2) is 16.6 Å². The first-order chi connectivity index (χ1) is 6.93. The summed E-state index contributed by atoms with van der Waals surface area (Å²) < 4.78 is 0. The van der Waals surface area contributed by atoms with Crippen molar-refractivity contribution in [2.75, 3.05) is 0 Å². The zero-order chi connectivity index (χ0) is 11.6. The molecule has 6 heteroatoms. The molecule has 1 amide bonds. The summed E-state index contributed by atoms with van der Waals surface area (Å²) in [5.41, 5.74) is 4.47. The standard InChI is InChI=1S/C9H8N2O4/c1-5(12)6-2-3-7(9(10)13)8(4-6)11(14)15/h2-4H,1H3,(H2,10,13). The largest absolute Gasteiger partial charge is 0.365 e. The predicted octanol–water partition coefficient (Wildman–Crippen LogP) is 0.896. The second kappa shape index (κ2) is 3.87.